The van der Waals surface area contributed by atoms with Crippen molar-refractivity contribution in [1.29, 1.82) is 0 Å². The molecule has 0 amide bonds. The second kappa shape index (κ2) is 5.67. The smallest absolute Gasteiger partial charge is 0.159 e. The topological polar surface area (TPSA) is 41.9 Å². The molecule has 0 spiro atoms. The minimum Gasteiger partial charge on any atom is -0.297 e. The Balaban J connectivity index is 1.85. The number of pyridine rings is 1. The van der Waals surface area contributed by atoms with E-state index in [1.54, 1.807) is 12.4 Å². The molecule has 0 aromatic carbocycles. The Kier molecular flexibility index (Phi) is 3.74. The number of hydrogen-bond acceptors (Lipinski definition) is 4. The summed E-state index contributed by atoms with van der Waals surface area (Å²) in [5, 5.41) is 0. The Morgan fingerprint density at radius 2 is 2.05 bits per heavy atom. The van der Waals surface area contributed by atoms with Gasteiger partial charge in [0.25, 0.3) is 0 Å². The zero-order valence-electron chi connectivity index (χ0n) is 12.1. The summed E-state index contributed by atoms with van der Waals surface area (Å²) in [7, 11) is 0. The van der Waals surface area contributed by atoms with E-state index in [9.17, 15) is 0 Å². The predicted molar refractivity (Wildman–Crippen MR) is 79.1 cm³/mol. The molecule has 1 aliphatic heterocycles. The van der Waals surface area contributed by atoms with Crippen molar-refractivity contribution in [2.75, 3.05) is 13.1 Å². The van der Waals surface area contributed by atoms with Gasteiger partial charge in [-0.25, -0.2) is 9.97 Å². The fourth-order valence-corrected chi connectivity index (χ4v) is 2.67. The van der Waals surface area contributed by atoms with E-state index in [0.717, 1.165) is 37.4 Å². The molecule has 0 aliphatic carbocycles. The van der Waals surface area contributed by atoms with E-state index in [1.165, 1.54) is 11.3 Å². The second-order valence-electron chi connectivity index (χ2n) is 5.78. The highest BCUT2D eigenvalue weighted by molar-refractivity contribution is 5.53. The summed E-state index contributed by atoms with van der Waals surface area (Å²) in [5.74, 6) is 1.50. The molecule has 2 aromatic rings. The lowest BCUT2D eigenvalue weighted by Gasteiger charge is -2.29. The van der Waals surface area contributed by atoms with E-state index in [2.05, 4.69) is 28.7 Å². The third-order valence-corrected chi connectivity index (χ3v) is 3.59. The van der Waals surface area contributed by atoms with Gasteiger partial charge in [-0.3, -0.25) is 9.88 Å². The summed E-state index contributed by atoms with van der Waals surface area (Å²) in [6.07, 6.45) is 6.61. The SMILES string of the molecule is CC(C)CN1CCc2cnc(-c3ccncc3)nc2C1. The quantitative estimate of drug-likeness (QED) is 0.858. The van der Waals surface area contributed by atoms with Gasteiger partial charge in [0.15, 0.2) is 5.82 Å². The molecule has 0 fully saturated rings. The van der Waals surface area contributed by atoms with Gasteiger partial charge in [0.2, 0.25) is 0 Å². The minimum absolute atomic E-state index is 0.693. The van der Waals surface area contributed by atoms with E-state index >= 15 is 0 Å². The van der Waals surface area contributed by atoms with Crippen molar-refractivity contribution in [1.82, 2.24) is 19.9 Å². The lowest BCUT2D eigenvalue weighted by atomic mass is 10.1. The van der Waals surface area contributed by atoms with Gasteiger partial charge >= 0.3 is 0 Å². The van der Waals surface area contributed by atoms with Crippen molar-refractivity contribution < 1.29 is 0 Å². The molecule has 4 heteroatoms. The lowest BCUT2D eigenvalue weighted by molar-refractivity contribution is 0.223. The second-order valence-corrected chi connectivity index (χ2v) is 5.78. The van der Waals surface area contributed by atoms with E-state index < -0.39 is 0 Å². The number of rotatable bonds is 3. The van der Waals surface area contributed by atoms with Crippen LogP contribution in [0.3, 0.4) is 0 Å². The molecule has 1 aliphatic rings. The van der Waals surface area contributed by atoms with Crippen LogP contribution >= 0.6 is 0 Å². The van der Waals surface area contributed by atoms with Crippen LogP contribution in [0.15, 0.2) is 30.7 Å². The van der Waals surface area contributed by atoms with Crippen LogP contribution in [0.25, 0.3) is 11.4 Å². The van der Waals surface area contributed by atoms with E-state index in [-0.39, 0.29) is 0 Å². The lowest BCUT2D eigenvalue weighted by Crippen LogP contribution is -2.34. The largest absolute Gasteiger partial charge is 0.297 e. The molecule has 0 saturated carbocycles. The van der Waals surface area contributed by atoms with Crippen LogP contribution < -0.4 is 0 Å². The van der Waals surface area contributed by atoms with E-state index in [1.807, 2.05) is 18.3 Å². The van der Waals surface area contributed by atoms with Gasteiger partial charge in [-0.05, 0) is 30.0 Å². The first kappa shape index (κ1) is 13.2. The van der Waals surface area contributed by atoms with Crippen LogP contribution in [0.1, 0.15) is 25.1 Å². The molecule has 0 N–H and O–H groups in total. The number of fused-ring (bicyclic) bond motifs is 1. The molecule has 0 unspecified atom stereocenters. The van der Waals surface area contributed by atoms with Crippen LogP contribution in [-0.4, -0.2) is 32.9 Å². The summed E-state index contributed by atoms with van der Waals surface area (Å²) >= 11 is 0. The highest BCUT2D eigenvalue weighted by atomic mass is 15.1. The molecule has 104 valence electrons. The molecule has 20 heavy (non-hydrogen) atoms. The van der Waals surface area contributed by atoms with Gasteiger partial charge < -0.3 is 0 Å². The fraction of sp³-hybridized carbons (Fsp3) is 0.438. The third kappa shape index (κ3) is 2.85. The Hall–Kier alpha value is -1.81. The van der Waals surface area contributed by atoms with Crippen molar-refractivity contribution in [3.63, 3.8) is 0 Å². The molecular formula is C16H20N4. The molecule has 0 saturated heterocycles. The normalized spacial score (nSPS) is 15.3. The first-order valence-corrected chi connectivity index (χ1v) is 7.20. The van der Waals surface area contributed by atoms with Gasteiger partial charge in [-0.1, -0.05) is 13.8 Å². The number of nitrogens with zero attached hydrogens (tertiary/aromatic N) is 4. The maximum Gasteiger partial charge on any atom is 0.159 e. The first-order valence-electron chi connectivity index (χ1n) is 7.20. The molecule has 4 nitrogen and oxygen atoms in total. The van der Waals surface area contributed by atoms with Crippen molar-refractivity contribution in [3.8, 4) is 11.4 Å². The van der Waals surface area contributed by atoms with Crippen LogP contribution in [-0.2, 0) is 13.0 Å². The van der Waals surface area contributed by atoms with E-state index in [0.29, 0.717) is 5.92 Å². The molecule has 3 heterocycles. The monoisotopic (exact) mass is 268 g/mol. The van der Waals surface area contributed by atoms with Crippen molar-refractivity contribution >= 4 is 0 Å². The zero-order chi connectivity index (χ0) is 13.9. The van der Waals surface area contributed by atoms with E-state index in [4.69, 9.17) is 4.98 Å². The average Bonchev–Trinajstić information content (AvgIpc) is 2.47. The Bertz CT molecular complexity index is 580. The Morgan fingerprint density at radius 3 is 2.80 bits per heavy atom. The van der Waals surface area contributed by atoms with Gasteiger partial charge in [-0.15, -0.1) is 0 Å². The van der Waals surface area contributed by atoms with Crippen LogP contribution in [0, 0.1) is 5.92 Å². The highest BCUT2D eigenvalue weighted by Gasteiger charge is 2.19. The van der Waals surface area contributed by atoms with Crippen LogP contribution in [0.2, 0.25) is 0 Å². The fourth-order valence-electron chi connectivity index (χ4n) is 2.67. The molecule has 3 rings (SSSR count). The minimum atomic E-state index is 0.693. The van der Waals surface area contributed by atoms with Gasteiger partial charge in [-0.2, -0.15) is 0 Å². The van der Waals surface area contributed by atoms with Crippen LogP contribution in [0.5, 0.6) is 0 Å². The van der Waals surface area contributed by atoms with Crippen molar-refractivity contribution in [3.05, 3.63) is 42.0 Å². The van der Waals surface area contributed by atoms with Gasteiger partial charge in [0, 0.05) is 43.8 Å². The standard InChI is InChI=1S/C16H20N4/c1-12(2)10-20-8-5-14-9-18-16(19-15(14)11-20)13-3-6-17-7-4-13/h3-4,6-7,9,12H,5,8,10-11H2,1-2H3. The summed E-state index contributed by atoms with van der Waals surface area (Å²) in [6, 6.07) is 3.91. The third-order valence-electron chi connectivity index (χ3n) is 3.59. The average molecular weight is 268 g/mol. The molecule has 0 atom stereocenters. The summed E-state index contributed by atoms with van der Waals surface area (Å²) in [6.45, 7) is 7.71. The molecular weight excluding hydrogens is 248 g/mol. The maximum atomic E-state index is 4.76. The van der Waals surface area contributed by atoms with Crippen LogP contribution in [0.4, 0.5) is 0 Å². The van der Waals surface area contributed by atoms with Crippen molar-refractivity contribution in [2.24, 2.45) is 5.92 Å². The van der Waals surface area contributed by atoms with Gasteiger partial charge in [0.1, 0.15) is 0 Å². The predicted octanol–water partition coefficient (Wildman–Crippen LogP) is 2.55. The highest BCUT2D eigenvalue weighted by Crippen LogP contribution is 2.21. The maximum absolute atomic E-state index is 4.76. The number of aromatic nitrogens is 3. The summed E-state index contributed by atoms with van der Waals surface area (Å²) in [5.41, 5.74) is 3.50. The molecule has 2 aromatic heterocycles. The van der Waals surface area contributed by atoms with Crippen molar-refractivity contribution in [2.45, 2.75) is 26.8 Å². The summed E-state index contributed by atoms with van der Waals surface area (Å²) in [4.78, 5) is 15.8. The molecule has 0 bridgehead atoms. The first-order chi connectivity index (χ1) is 9.72. The van der Waals surface area contributed by atoms with Gasteiger partial charge in [0.05, 0.1) is 5.69 Å². The Morgan fingerprint density at radius 1 is 1.25 bits per heavy atom. The number of hydrogen-bond donors (Lipinski definition) is 0. The zero-order valence-corrected chi connectivity index (χ0v) is 12.1. The summed E-state index contributed by atoms with van der Waals surface area (Å²) < 4.78 is 0. The molecule has 0 radical (unpaired) electrons. The Labute approximate surface area is 119 Å².